The van der Waals surface area contributed by atoms with Gasteiger partial charge in [-0.1, -0.05) is 18.9 Å². The number of rotatable bonds is 2. The summed E-state index contributed by atoms with van der Waals surface area (Å²) in [5, 5.41) is 13.9. The van der Waals surface area contributed by atoms with E-state index in [1.165, 1.54) is 61.6 Å². The molecule has 0 spiro atoms. The van der Waals surface area contributed by atoms with Gasteiger partial charge in [0.2, 0.25) is 0 Å². The fraction of sp³-hybridized carbons (Fsp3) is 0.647. The Kier molecular flexibility index (Phi) is 4.07. The van der Waals surface area contributed by atoms with Gasteiger partial charge in [-0.3, -0.25) is 0 Å². The van der Waals surface area contributed by atoms with E-state index < -0.39 is 0 Å². The molecule has 2 N–H and O–H groups in total. The van der Waals surface area contributed by atoms with Gasteiger partial charge in [-0.2, -0.15) is 0 Å². The number of hydrogen-bond acceptors (Lipinski definition) is 2. The minimum atomic E-state index is 0.521. The maximum Gasteiger partial charge on any atom is 0.119 e. The number of phenolic OH excluding ortho intramolecular Hbond substituents is 1. The molecule has 3 rings (SSSR count). The molecule has 1 aromatic carbocycles. The molecule has 1 atom stereocenters. The molecule has 104 valence electrons. The summed E-state index contributed by atoms with van der Waals surface area (Å²) in [7, 11) is 0. The zero-order valence-corrected chi connectivity index (χ0v) is 11.8. The van der Waals surface area contributed by atoms with E-state index in [4.69, 9.17) is 0 Å². The summed E-state index contributed by atoms with van der Waals surface area (Å²) in [5.41, 5.74) is 4.18. The highest BCUT2D eigenvalue weighted by molar-refractivity contribution is 5.45. The highest BCUT2D eigenvalue weighted by Crippen LogP contribution is 2.31. The standard InChI is InChI=1S/C17H25NO/c19-17-10-9-13-6-2-1-3-8-15(13)16(17)12-14-7-4-5-11-18-14/h9-10,14,18-19H,1-8,11-12H2. The van der Waals surface area contributed by atoms with Crippen LogP contribution in [-0.4, -0.2) is 17.7 Å². The Morgan fingerprint density at radius 2 is 1.95 bits per heavy atom. The molecule has 19 heavy (non-hydrogen) atoms. The Morgan fingerprint density at radius 1 is 1.05 bits per heavy atom. The molecule has 0 bridgehead atoms. The van der Waals surface area contributed by atoms with Gasteiger partial charge in [-0.25, -0.2) is 0 Å². The number of benzene rings is 1. The van der Waals surface area contributed by atoms with E-state index in [-0.39, 0.29) is 0 Å². The van der Waals surface area contributed by atoms with Crippen LogP contribution in [0.5, 0.6) is 5.75 Å². The van der Waals surface area contributed by atoms with Crippen LogP contribution in [0, 0.1) is 0 Å². The number of nitrogens with one attached hydrogen (secondary N) is 1. The lowest BCUT2D eigenvalue weighted by Crippen LogP contribution is -2.35. The average molecular weight is 259 g/mol. The minimum Gasteiger partial charge on any atom is -0.508 e. The monoisotopic (exact) mass is 259 g/mol. The van der Waals surface area contributed by atoms with Crippen LogP contribution in [-0.2, 0) is 19.3 Å². The van der Waals surface area contributed by atoms with Gasteiger partial charge in [-0.15, -0.1) is 0 Å². The van der Waals surface area contributed by atoms with Crippen molar-refractivity contribution in [2.24, 2.45) is 0 Å². The van der Waals surface area contributed by atoms with Gasteiger partial charge >= 0.3 is 0 Å². The predicted octanol–water partition coefficient (Wildman–Crippen LogP) is 3.35. The van der Waals surface area contributed by atoms with Gasteiger partial charge in [0, 0.05) is 6.04 Å². The summed E-state index contributed by atoms with van der Waals surface area (Å²) in [5.74, 6) is 0.521. The third-order valence-electron chi connectivity index (χ3n) is 4.74. The summed E-state index contributed by atoms with van der Waals surface area (Å²) in [6.45, 7) is 1.14. The molecule has 2 heteroatoms. The fourth-order valence-corrected chi connectivity index (χ4v) is 3.64. The van der Waals surface area contributed by atoms with E-state index in [0.29, 0.717) is 11.8 Å². The third-order valence-corrected chi connectivity index (χ3v) is 4.74. The molecule has 1 heterocycles. The van der Waals surface area contributed by atoms with Crippen molar-refractivity contribution >= 4 is 0 Å². The molecule has 2 nitrogen and oxygen atoms in total. The maximum atomic E-state index is 10.3. The van der Waals surface area contributed by atoms with Crippen molar-refractivity contribution in [1.29, 1.82) is 0 Å². The van der Waals surface area contributed by atoms with Crippen LogP contribution >= 0.6 is 0 Å². The summed E-state index contributed by atoms with van der Waals surface area (Å²) < 4.78 is 0. The van der Waals surface area contributed by atoms with Crippen LogP contribution in [0.3, 0.4) is 0 Å². The van der Waals surface area contributed by atoms with Crippen LogP contribution in [0.1, 0.15) is 55.2 Å². The smallest absolute Gasteiger partial charge is 0.119 e. The second-order valence-corrected chi connectivity index (χ2v) is 6.11. The first-order valence-electron chi connectivity index (χ1n) is 7.90. The number of phenols is 1. The molecule has 0 radical (unpaired) electrons. The molecule has 1 aliphatic carbocycles. The maximum absolute atomic E-state index is 10.3. The minimum absolute atomic E-state index is 0.521. The van der Waals surface area contributed by atoms with Crippen LogP contribution in [0.25, 0.3) is 0 Å². The predicted molar refractivity (Wildman–Crippen MR) is 78.7 cm³/mol. The molecule has 0 amide bonds. The summed E-state index contributed by atoms with van der Waals surface area (Å²) in [4.78, 5) is 0. The Balaban J connectivity index is 1.86. The van der Waals surface area contributed by atoms with Gasteiger partial charge in [0.05, 0.1) is 0 Å². The molecule has 0 aromatic heterocycles. The Labute approximate surface area is 116 Å². The van der Waals surface area contributed by atoms with Gasteiger partial charge in [0.25, 0.3) is 0 Å². The average Bonchev–Trinajstić information content (AvgIpc) is 2.69. The summed E-state index contributed by atoms with van der Waals surface area (Å²) in [6, 6.07) is 4.63. The number of aromatic hydroxyl groups is 1. The second-order valence-electron chi connectivity index (χ2n) is 6.11. The lowest BCUT2D eigenvalue weighted by molar-refractivity contribution is 0.390. The van der Waals surface area contributed by atoms with E-state index in [1.807, 2.05) is 6.07 Å². The molecular formula is C17H25NO. The Morgan fingerprint density at radius 3 is 2.79 bits per heavy atom. The van der Waals surface area contributed by atoms with E-state index in [0.717, 1.165) is 19.4 Å². The Bertz CT molecular complexity index is 435. The zero-order chi connectivity index (χ0) is 13.1. The quantitative estimate of drug-likeness (QED) is 0.798. The van der Waals surface area contributed by atoms with Gasteiger partial charge in [-0.05, 0) is 74.2 Å². The number of piperidine rings is 1. The van der Waals surface area contributed by atoms with Gasteiger partial charge < -0.3 is 10.4 Å². The first-order valence-corrected chi connectivity index (χ1v) is 7.90. The topological polar surface area (TPSA) is 32.3 Å². The zero-order valence-electron chi connectivity index (χ0n) is 11.8. The van der Waals surface area contributed by atoms with Crippen molar-refractivity contribution in [3.8, 4) is 5.75 Å². The third kappa shape index (κ3) is 2.94. The molecule has 1 saturated heterocycles. The molecule has 1 aliphatic heterocycles. The number of hydrogen-bond donors (Lipinski definition) is 2. The fourth-order valence-electron chi connectivity index (χ4n) is 3.64. The van der Waals surface area contributed by atoms with E-state index in [9.17, 15) is 5.11 Å². The van der Waals surface area contributed by atoms with E-state index in [2.05, 4.69) is 11.4 Å². The van der Waals surface area contributed by atoms with Crippen LogP contribution in [0.15, 0.2) is 12.1 Å². The Hall–Kier alpha value is -1.02. The van der Waals surface area contributed by atoms with Crippen LogP contribution in [0.4, 0.5) is 0 Å². The molecule has 0 saturated carbocycles. The molecule has 1 fully saturated rings. The van der Waals surface area contributed by atoms with E-state index >= 15 is 0 Å². The van der Waals surface area contributed by atoms with Crippen molar-refractivity contribution in [1.82, 2.24) is 5.32 Å². The normalized spacial score (nSPS) is 23.7. The molecule has 1 aromatic rings. The SMILES string of the molecule is Oc1ccc2c(c1CC1CCCCN1)CCCCC2. The number of aryl methyl sites for hydroxylation is 1. The van der Waals surface area contributed by atoms with E-state index in [1.54, 1.807) is 0 Å². The highest BCUT2D eigenvalue weighted by atomic mass is 16.3. The highest BCUT2D eigenvalue weighted by Gasteiger charge is 2.20. The first-order chi connectivity index (χ1) is 9.34. The lowest BCUT2D eigenvalue weighted by Gasteiger charge is -2.25. The van der Waals surface area contributed by atoms with Crippen molar-refractivity contribution < 1.29 is 5.11 Å². The van der Waals surface area contributed by atoms with Gasteiger partial charge in [0.1, 0.15) is 5.75 Å². The second kappa shape index (κ2) is 5.96. The number of fused-ring (bicyclic) bond motifs is 1. The van der Waals surface area contributed by atoms with Crippen molar-refractivity contribution in [3.05, 3.63) is 28.8 Å². The molecule has 1 unspecified atom stereocenters. The van der Waals surface area contributed by atoms with Crippen LogP contribution in [0.2, 0.25) is 0 Å². The van der Waals surface area contributed by atoms with Crippen molar-refractivity contribution in [2.75, 3.05) is 6.54 Å². The van der Waals surface area contributed by atoms with Crippen LogP contribution < -0.4 is 5.32 Å². The summed E-state index contributed by atoms with van der Waals surface area (Å²) >= 11 is 0. The van der Waals surface area contributed by atoms with Crippen molar-refractivity contribution in [2.45, 2.75) is 63.8 Å². The molecular weight excluding hydrogens is 234 g/mol. The molecule has 2 aliphatic rings. The largest absolute Gasteiger partial charge is 0.508 e. The van der Waals surface area contributed by atoms with Gasteiger partial charge in [0.15, 0.2) is 0 Å². The summed E-state index contributed by atoms with van der Waals surface area (Å²) in [6.07, 6.45) is 11.2. The lowest BCUT2D eigenvalue weighted by atomic mass is 9.90. The first kappa shape index (κ1) is 13.0. The van der Waals surface area contributed by atoms with Crippen molar-refractivity contribution in [3.63, 3.8) is 0 Å².